The van der Waals surface area contributed by atoms with E-state index >= 15 is 0 Å². The molecule has 1 atom stereocenters. The number of alkyl halides is 1. The van der Waals surface area contributed by atoms with Gasteiger partial charge in [0.15, 0.2) is 0 Å². The van der Waals surface area contributed by atoms with Crippen molar-refractivity contribution in [1.82, 2.24) is 14.7 Å². The van der Waals surface area contributed by atoms with Crippen molar-refractivity contribution in [2.24, 2.45) is 0 Å². The molecule has 1 unspecified atom stereocenters. The number of halogens is 1. The Morgan fingerprint density at radius 3 is 2.68 bits per heavy atom. The van der Waals surface area contributed by atoms with Crippen molar-refractivity contribution in [2.75, 3.05) is 27.3 Å². The summed E-state index contributed by atoms with van der Waals surface area (Å²) in [4.78, 5) is 2.63. The van der Waals surface area contributed by atoms with Gasteiger partial charge in [-0.3, -0.25) is 9.58 Å². The highest BCUT2D eigenvalue weighted by atomic mass is 79.9. The fourth-order valence-electron chi connectivity index (χ4n) is 2.24. The van der Waals surface area contributed by atoms with Gasteiger partial charge in [-0.1, -0.05) is 29.8 Å². The zero-order valence-corrected chi connectivity index (χ0v) is 14.1. The van der Waals surface area contributed by atoms with E-state index in [9.17, 15) is 0 Å². The Kier molecular flexibility index (Phi) is 7.64. The lowest BCUT2D eigenvalue weighted by Crippen LogP contribution is -2.28. The quantitative estimate of drug-likeness (QED) is 0.651. The Balaban J connectivity index is 2.48. The summed E-state index contributed by atoms with van der Waals surface area (Å²) in [6.07, 6.45) is 4.36. The molecule has 0 radical (unpaired) electrons. The molecule has 5 heteroatoms. The van der Waals surface area contributed by atoms with Crippen molar-refractivity contribution in [3.63, 3.8) is 0 Å². The molecule has 0 N–H and O–H groups in total. The Bertz CT molecular complexity index is 352. The Labute approximate surface area is 125 Å². The van der Waals surface area contributed by atoms with Gasteiger partial charge in [-0.15, -0.1) is 0 Å². The smallest absolute Gasteiger partial charge is 0.0764 e. The minimum atomic E-state index is 0.364. The van der Waals surface area contributed by atoms with Crippen molar-refractivity contribution >= 4 is 15.9 Å². The van der Waals surface area contributed by atoms with Crippen LogP contribution in [0.15, 0.2) is 12.3 Å². The molecule has 1 rings (SSSR count). The number of aromatic nitrogens is 2. The minimum absolute atomic E-state index is 0.364. The number of hydrogen-bond acceptors (Lipinski definition) is 3. The number of methoxy groups -OCH3 is 1. The van der Waals surface area contributed by atoms with Gasteiger partial charge in [-0.05, 0) is 26.0 Å². The molecule has 4 nitrogen and oxygen atoms in total. The van der Waals surface area contributed by atoms with E-state index in [0.717, 1.165) is 38.2 Å². The number of nitrogens with zero attached hydrogens (tertiary/aromatic N) is 3. The molecule has 0 aromatic carbocycles. The highest BCUT2D eigenvalue weighted by Crippen LogP contribution is 2.15. The summed E-state index contributed by atoms with van der Waals surface area (Å²) in [6.45, 7) is 6.97. The van der Waals surface area contributed by atoms with Gasteiger partial charge in [0.25, 0.3) is 0 Å². The topological polar surface area (TPSA) is 30.3 Å². The zero-order chi connectivity index (χ0) is 14.3. The van der Waals surface area contributed by atoms with E-state index in [4.69, 9.17) is 4.74 Å². The number of ether oxygens (including phenoxy) is 1. The van der Waals surface area contributed by atoms with E-state index in [1.54, 1.807) is 7.11 Å². The SMILES string of the molecule is CCC(CC)n1ccc(CN(C)CC(Br)COC)n1. The Hall–Kier alpha value is -0.390. The van der Waals surface area contributed by atoms with Crippen LogP contribution in [0.5, 0.6) is 0 Å². The molecule has 0 spiro atoms. The van der Waals surface area contributed by atoms with Gasteiger partial charge in [0.1, 0.15) is 0 Å². The average molecular weight is 332 g/mol. The maximum absolute atomic E-state index is 5.13. The molecular weight excluding hydrogens is 306 g/mol. The normalized spacial score (nSPS) is 13.4. The third-order valence-electron chi connectivity index (χ3n) is 3.27. The maximum atomic E-state index is 5.13. The highest BCUT2D eigenvalue weighted by molar-refractivity contribution is 9.09. The molecule has 1 aromatic heterocycles. The molecule has 19 heavy (non-hydrogen) atoms. The van der Waals surface area contributed by atoms with Gasteiger partial charge in [0, 0.05) is 26.4 Å². The van der Waals surface area contributed by atoms with Gasteiger partial charge in [-0.2, -0.15) is 5.10 Å². The van der Waals surface area contributed by atoms with Crippen LogP contribution in [-0.4, -0.2) is 46.8 Å². The predicted molar refractivity (Wildman–Crippen MR) is 82.8 cm³/mol. The van der Waals surface area contributed by atoms with Crippen LogP contribution in [0.1, 0.15) is 38.4 Å². The van der Waals surface area contributed by atoms with Crippen molar-refractivity contribution < 1.29 is 4.74 Å². The lowest BCUT2D eigenvalue weighted by atomic mass is 10.2. The van der Waals surface area contributed by atoms with Crippen LogP contribution in [0.3, 0.4) is 0 Å². The van der Waals surface area contributed by atoms with Gasteiger partial charge < -0.3 is 4.74 Å². The molecule has 0 aliphatic heterocycles. The first-order valence-electron chi connectivity index (χ1n) is 6.96. The average Bonchev–Trinajstić information content (AvgIpc) is 2.79. The first kappa shape index (κ1) is 16.7. The summed E-state index contributed by atoms with van der Waals surface area (Å²) in [6, 6.07) is 2.64. The summed E-state index contributed by atoms with van der Waals surface area (Å²) >= 11 is 3.61. The van der Waals surface area contributed by atoms with E-state index in [1.807, 2.05) is 0 Å². The van der Waals surface area contributed by atoms with E-state index < -0.39 is 0 Å². The molecule has 0 fully saturated rings. The lowest BCUT2D eigenvalue weighted by molar-refractivity contribution is 0.184. The van der Waals surface area contributed by atoms with E-state index in [2.05, 4.69) is 63.8 Å². The van der Waals surface area contributed by atoms with Crippen LogP contribution in [0.4, 0.5) is 0 Å². The second-order valence-electron chi connectivity index (χ2n) is 5.01. The van der Waals surface area contributed by atoms with Gasteiger partial charge in [0.2, 0.25) is 0 Å². The second kappa shape index (κ2) is 8.72. The summed E-state index contributed by atoms with van der Waals surface area (Å²) in [5, 5.41) is 4.67. The molecular formula is C14H26BrN3O. The Morgan fingerprint density at radius 1 is 1.42 bits per heavy atom. The second-order valence-corrected chi connectivity index (χ2v) is 6.30. The molecule has 1 heterocycles. The van der Waals surface area contributed by atoms with Crippen LogP contribution < -0.4 is 0 Å². The standard InChI is InChI=1S/C14H26BrN3O/c1-5-14(6-2)18-8-7-13(16-18)10-17(3)9-12(15)11-19-4/h7-8,12,14H,5-6,9-11H2,1-4H3. The first-order chi connectivity index (χ1) is 9.10. The molecule has 0 saturated carbocycles. The van der Waals surface area contributed by atoms with Crippen LogP contribution in [0.25, 0.3) is 0 Å². The minimum Gasteiger partial charge on any atom is -0.383 e. The van der Waals surface area contributed by atoms with Crippen molar-refractivity contribution in [3.05, 3.63) is 18.0 Å². The molecule has 0 saturated heterocycles. The van der Waals surface area contributed by atoms with Crippen LogP contribution in [0.2, 0.25) is 0 Å². The van der Waals surface area contributed by atoms with Crippen LogP contribution in [-0.2, 0) is 11.3 Å². The summed E-state index contributed by atoms with van der Waals surface area (Å²) in [5.41, 5.74) is 1.13. The van der Waals surface area contributed by atoms with Crippen molar-refractivity contribution in [1.29, 1.82) is 0 Å². The highest BCUT2D eigenvalue weighted by Gasteiger charge is 2.11. The first-order valence-corrected chi connectivity index (χ1v) is 7.87. The zero-order valence-electron chi connectivity index (χ0n) is 12.5. The third kappa shape index (κ3) is 5.63. The fourth-order valence-corrected chi connectivity index (χ4v) is 3.00. The molecule has 0 aliphatic rings. The van der Waals surface area contributed by atoms with Gasteiger partial charge in [-0.25, -0.2) is 0 Å². The summed E-state index contributed by atoms with van der Waals surface area (Å²) < 4.78 is 7.23. The van der Waals surface area contributed by atoms with Gasteiger partial charge in [0.05, 0.1) is 23.2 Å². The largest absolute Gasteiger partial charge is 0.383 e. The van der Waals surface area contributed by atoms with E-state index in [0.29, 0.717) is 10.9 Å². The van der Waals surface area contributed by atoms with Crippen molar-refractivity contribution in [3.8, 4) is 0 Å². The van der Waals surface area contributed by atoms with E-state index in [-0.39, 0.29) is 0 Å². The van der Waals surface area contributed by atoms with Gasteiger partial charge >= 0.3 is 0 Å². The molecule has 0 bridgehead atoms. The summed E-state index contributed by atoms with van der Waals surface area (Å²) in [5.74, 6) is 0. The number of hydrogen-bond donors (Lipinski definition) is 0. The fraction of sp³-hybridized carbons (Fsp3) is 0.786. The number of rotatable bonds is 9. The Morgan fingerprint density at radius 2 is 2.11 bits per heavy atom. The molecule has 0 amide bonds. The monoisotopic (exact) mass is 331 g/mol. The van der Waals surface area contributed by atoms with Crippen LogP contribution >= 0.6 is 15.9 Å². The maximum Gasteiger partial charge on any atom is 0.0764 e. The van der Waals surface area contributed by atoms with Crippen LogP contribution in [0, 0.1) is 0 Å². The predicted octanol–water partition coefficient (Wildman–Crippen LogP) is 3.09. The summed E-state index contributed by atoms with van der Waals surface area (Å²) in [7, 11) is 3.84. The molecule has 0 aliphatic carbocycles. The third-order valence-corrected chi connectivity index (χ3v) is 3.82. The van der Waals surface area contributed by atoms with E-state index in [1.165, 1.54) is 0 Å². The molecule has 110 valence electrons. The molecule has 1 aromatic rings. The lowest BCUT2D eigenvalue weighted by Gasteiger charge is -2.19. The van der Waals surface area contributed by atoms with Crippen molar-refractivity contribution in [2.45, 2.75) is 44.1 Å².